The van der Waals surface area contributed by atoms with Gasteiger partial charge in [-0.3, -0.25) is 4.79 Å². The summed E-state index contributed by atoms with van der Waals surface area (Å²) in [7, 11) is 3.07. The van der Waals surface area contributed by atoms with Crippen LogP contribution in [0.4, 0.5) is 0 Å². The van der Waals surface area contributed by atoms with Crippen LogP contribution in [0.3, 0.4) is 0 Å². The van der Waals surface area contributed by atoms with Gasteiger partial charge >= 0.3 is 0 Å². The van der Waals surface area contributed by atoms with Crippen LogP contribution in [0.25, 0.3) is 10.9 Å². The molecule has 2 heterocycles. The Kier molecular flexibility index (Phi) is 4.17. The summed E-state index contributed by atoms with van der Waals surface area (Å²) in [6.07, 6.45) is 0. The SMILES string of the molecule is COc1ccc([C@H]2C(C#N)=C(N)Oc3c2c(=O)[nH]c2ccccc32)c(OC)c1. The van der Waals surface area contributed by atoms with Crippen molar-refractivity contribution < 1.29 is 14.2 Å². The third-order valence-corrected chi connectivity index (χ3v) is 4.84. The van der Waals surface area contributed by atoms with Crippen LogP contribution in [-0.4, -0.2) is 19.2 Å². The first-order valence-electron chi connectivity index (χ1n) is 8.53. The molecule has 28 heavy (non-hydrogen) atoms. The summed E-state index contributed by atoms with van der Waals surface area (Å²) < 4.78 is 16.5. The Balaban J connectivity index is 2.07. The molecule has 140 valence electrons. The van der Waals surface area contributed by atoms with Crippen LogP contribution in [-0.2, 0) is 0 Å². The Morgan fingerprint density at radius 3 is 2.68 bits per heavy atom. The summed E-state index contributed by atoms with van der Waals surface area (Å²) >= 11 is 0. The van der Waals surface area contributed by atoms with Crippen molar-refractivity contribution in [1.29, 1.82) is 5.26 Å². The van der Waals surface area contributed by atoms with Crippen molar-refractivity contribution in [3.63, 3.8) is 0 Å². The highest BCUT2D eigenvalue weighted by Gasteiger charge is 2.36. The largest absolute Gasteiger partial charge is 0.497 e. The lowest BCUT2D eigenvalue weighted by Gasteiger charge is -2.27. The molecule has 0 saturated heterocycles. The summed E-state index contributed by atoms with van der Waals surface area (Å²) in [6.45, 7) is 0. The molecule has 0 bridgehead atoms. The third-order valence-electron chi connectivity index (χ3n) is 4.84. The number of nitrogens with zero attached hydrogens (tertiary/aromatic N) is 1. The van der Waals surface area contributed by atoms with E-state index in [1.165, 1.54) is 7.11 Å². The van der Waals surface area contributed by atoms with Gasteiger partial charge in [0.1, 0.15) is 28.9 Å². The van der Waals surface area contributed by atoms with Crippen molar-refractivity contribution in [2.45, 2.75) is 5.92 Å². The van der Waals surface area contributed by atoms with Crippen LogP contribution in [0.5, 0.6) is 17.2 Å². The molecule has 0 saturated carbocycles. The molecule has 1 atom stereocenters. The maximum absolute atomic E-state index is 13.0. The Hall–Kier alpha value is -3.92. The van der Waals surface area contributed by atoms with E-state index in [1.54, 1.807) is 31.4 Å². The van der Waals surface area contributed by atoms with E-state index in [0.29, 0.717) is 39.3 Å². The Bertz CT molecular complexity index is 1220. The monoisotopic (exact) mass is 375 g/mol. The fourth-order valence-electron chi connectivity index (χ4n) is 3.54. The molecule has 0 radical (unpaired) electrons. The van der Waals surface area contributed by atoms with Gasteiger partial charge in [-0.05, 0) is 18.2 Å². The molecule has 7 heteroatoms. The Morgan fingerprint density at radius 1 is 1.18 bits per heavy atom. The van der Waals surface area contributed by atoms with E-state index >= 15 is 0 Å². The van der Waals surface area contributed by atoms with Crippen LogP contribution < -0.4 is 25.5 Å². The van der Waals surface area contributed by atoms with Gasteiger partial charge in [-0.1, -0.05) is 18.2 Å². The van der Waals surface area contributed by atoms with E-state index in [-0.39, 0.29) is 17.0 Å². The fraction of sp³-hybridized carbons (Fsp3) is 0.143. The standard InChI is InChI=1S/C21H17N3O4/c1-26-11-7-8-13(16(9-11)27-2)17-14(10-22)20(23)28-19-12-5-3-4-6-15(12)24-21(25)18(17)19/h3-9,17H,23H2,1-2H3,(H,24,25)/t17-/m0/s1. The molecule has 0 unspecified atom stereocenters. The number of pyridine rings is 1. The molecule has 1 aromatic heterocycles. The summed E-state index contributed by atoms with van der Waals surface area (Å²) in [5.74, 6) is 0.649. The highest BCUT2D eigenvalue weighted by molar-refractivity contribution is 5.87. The molecule has 0 spiro atoms. The lowest BCUT2D eigenvalue weighted by atomic mass is 9.83. The normalized spacial score (nSPS) is 15.5. The minimum atomic E-state index is -0.733. The number of methoxy groups -OCH3 is 2. The Morgan fingerprint density at radius 2 is 1.96 bits per heavy atom. The second-order valence-electron chi connectivity index (χ2n) is 6.28. The molecule has 3 N–H and O–H groups in total. The number of hydrogen-bond donors (Lipinski definition) is 2. The number of aromatic nitrogens is 1. The number of nitrogens with two attached hydrogens (primary N) is 1. The Labute approximate surface area is 160 Å². The number of para-hydroxylation sites is 1. The van der Waals surface area contributed by atoms with Crippen molar-refractivity contribution >= 4 is 10.9 Å². The first kappa shape index (κ1) is 17.5. The first-order valence-corrected chi connectivity index (χ1v) is 8.53. The molecule has 2 aromatic carbocycles. The van der Waals surface area contributed by atoms with Crippen LogP contribution >= 0.6 is 0 Å². The third kappa shape index (κ3) is 2.55. The predicted molar refractivity (Wildman–Crippen MR) is 103 cm³/mol. The van der Waals surface area contributed by atoms with Gasteiger partial charge in [-0.15, -0.1) is 0 Å². The van der Waals surface area contributed by atoms with Gasteiger partial charge in [-0.25, -0.2) is 0 Å². The average Bonchev–Trinajstić information content (AvgIpc) is 2.72. The predicted octanol–water partition coefficient (Wildman–Crippen LogP) is 2.76. The van der Waals surface area contributed by atoms with E-state index in [0.717, 1.165) is 0 Å². The fourth-order valence-corrected chi connectivity index (χ4v) is 3.54. The molecule has 3 aromatic rings. The first-order chi connectivity index (χ1) is 13.6. The van der Waals surface area contributed by atoms with E-state index in [4.69, 9.17) is 19.9 Å². The molecule has 1 aliphatic heterocycles. The quantitative estimate of drug-likeness (QED) is 0.728. The number of nitrogens with one attached hydrogen (secondary N) is 1. The second kappa shape index (κ2) is 6.67. The minimum absolute atomic E-state index is 0.0337. The lowest BCUT2D eigenvalue weighted by molar-refractivity contribution is 0.382. The average molecular weight is 375 g/mol. The summed E-state index contributed by atoms with van der Waals surface area (Å²) in [5.41, 5.74) is 7.43. The molecule has 7 nitrogen and oxygen atoms in total. The van der Waals surface area contributed by atoms with Gasteiger partial charge in [0.15, 0.2) is 0 Å². The molecular weight excluding hydrogens is 358 g/mol. The van der Waals surface area contributed by atoms with Crippen molar-refractivity contribution in [3.05, 3.63) is 75.4 Å². The zero-order chi connectivity index (χ0) is 19.8. The molecule has 1 aliphatic rings. The van der Waals surface area contributed by atoms with Crippen molar-refractivity contribution in [2.75, 3.05) is 14.2 Å². The van der Waals surface area contributed by atoms with E-state index < -0.39 is 5.92 Å². The van der Waals surface area contributed by atoms with Gasteiger partial charge in [0.25, 0.3) is 5.56 Å². The lowest BCUT2D eigenvalue weighted by Crippen LogP contribution is -2.28. The number of rotatable bonds is 3. The van der Waals surface area contributed by atoms with Gasteiger partial charge in [0, 0.05) is 17.0 Å². The van der Waals surface area contributed by atoms with Crippen LogP contribution in [0.1, 0.15) is 17.0 Å². The van der Waals surface area contributed by atoms with Gasteiger partial charge in [0.2, 0.25) is 5.88 Å². The smallest absolute Gasteiger partial charge is 0.256 e. The number of allylic oxidation sites excluding steroid dienone is 1. The number of H-pyrrole nitrogens is 1. The summed E-state index contributed by atoms with van der Waals surface area (Å²) in [5, 5.41) is 10.4. The van der Waals surface area contributed by atoms with Crippen molar-refractivity contribution in [2.24, 2.45) is 5.73 Å². The topological polar surface area (TPSA) is 110 Å². The molecule has 0 aliphatic carbocycles. The molecule has 0 fully saturated rings. The number of fused-ring (bicyclic) bond motifs is 3. The van der Waals surface area contributed by atoms with Gasteiger partial charge < -0.3 is 24.9 Å². The number of ether oxygens (including phenoxy) is 3. The van der Waals surface area contributed by atoms with Crippen molar-refractivity contribution in [1.82, 2.24) is 4.98 Å². The number of nitriles is 1. The zero-order valence-electron chi connectivity index (χ0n) is 15.3. The van der Waals surface area contributed by atoms with E-state index in [2.05, 4.69) is 11.1 Å². The maximum atomic E-state index is 13.0. The highest BCUT2D eigenvalue weighted by Crippen LogP contribution is 2.45. The van der Waals surface area contributed by atoms with E-state index in [9.17, 15) is 10.1 Å². The van der Waals surface area contributed by atoms with Crippen LogP contribution in [0, 0.1) is 11.3 Å². The zero-order valence-corrected chi connectivity index (χ0v) is 15.3. The molecule has 0 amide bonds. The minimum Gasteiger partial charge on any atom is -0.497 e. The number of benzene rings is 2. The number of aromatic amines is 1. The molecular formula is C21H17N3O4. The summed E-state index contributed by atoms with van der Waals surface area (Å²) in [4.78, 5) is 15.8. The molecule has 4 rings (SSSR count). The van der Waals surface area contributed by atoms with E-state index in [1.807, 2.05) is 18.2 Å². The van der Waals surface area contributed by atoms with Crippen LogP contribution in [0.15, 0.2) is 58.7 Å². The summed E-state index contributed by atoms with van der Waals surface area (Å²) in [6, 6.07) is 14.6. The van der Waals surface area contributed by atoms with Crippen molar-refractivity contribution in [3.8, 4) is 23.3 Å². The number of hydrogen-bond acceptors (Lipinski definition) is 6. The van der Waals surface area contributed by atoms with Crippen LogP contribution in [0.2, 0.25) is 0 Å². The van der Waals surface area contributed by atoms with Gasteiger partial charge in [0.05, 0.1) is 31.2 Å². The maximum Gasteiger partial charge on any atom is 0.256 e. The second-order valence-corrected chi connectivity index (χ2v) is 6.28. The highest BCUT2D eigenvalue weighted by atomic mass is 16.5. The van der Waals surface area contributed by atoms with Gasteiger partial charge in [-0.2, -0.15) is 5.26 Å².